The first-order valence-corrected chi connectivity index (χ1v) is 9.38. The SMILES string of the molecule is O=C1OC(=O)c2c1cc(-c1ccccc1)c(-c1ccccc1)c2-c1ccccc1. The highest BCUT2D eigenvalue weighted by Crippen LogP contribution is 2.45. The lowest BCUT2D eigenvalue weighted by Gasteiger charge is -2.18. The molecule has 0 fully saturated rings. The van der Waals surface area contributed by atoms with Crippen molar-refractivity contribution in [2.24, 2.45) is 0 Å². The predicted octanol–water partition coefficient (Wildman–Crippen LogP) is 6.00. The molecule has 0 atom stereocenters. The van der Waals surface area contributed by atoms with Gasteiger partial charge in [-0.05, 0) is 33.9 Å². The Morgan fingerprint density at radius 2 is 0.931 bits per heavy atom. The molecule has 0 aromatic heterocycles. The summed E-state index contributed by atoms with van der Waals surface area (Å²) in [4.78, 5) is 25.1. The first-order valence-electron chi connectivity index (χ1n) is 9.38. The van der Waals surface area contributed by atoms with Crippen molar-refractivity contribution in [3.63, 3.8) is 0 Å². The second-order valence-electron chi connectivity index (χ2n) is 6.87. The molecule has 0 spiro atoms. The summed E-state index contributed by atoms with van der Waals surface area (Å²) >= 11 is 0. The quantitative estimate of drug-likeness (QED) is 0.325. The molecule has 0 radical (unpaired) electrons. The lowest BCUT2D eigenvalue weighted by Crippen LogP contribution is -2.01. The summed E-state index contributed by atoms with van der Waals surface area (Å²) in [5, 5.41) is 0. The van der Waals surface area contributed by atoms with Crippen LogP contribution < -0.4 is 0 Å². The summed E-state index contributed by atoms with van der Waals surface area (Å²) in [5.74, 6) is -1.19. The van der Waals surface area contributed by atoms with Crippen LogP contribution in [0.5, 0.6) is 0 Å². The molecule has 138 valence electrons. The molecular weight excluding hydrogens is 360 g/mol. The zero-order valence-corrected chi connectivity index (χ0v) is 15.5. The van der Waals surface area contributed by atoms with E-state index in [-0.39, 0.29) is 0 Å². The summed E-state index contributed by atoms with van der Waals surface area (Å²) in [6.45, 7) is 0. The maximum Gasteiger partial charge on any atom is 0.347 e. The monoisotopic (exact) mass is 376 g/mol. The minimum atomic E-state index is -0.598. The van der Waals surface area contributed by atoms with Crippen LogP contribution >= 0.6 is 0 Å². The Morgan fingerprint density at radius 1 is 0.448 bits per heavy atom. The smallest absolute Gasteiger partial charge is 0.347 e. The molecular formula is C26H16O3. The molecule has 0 saturated heterocycles. The topological polar surface area (TPSA) is 43.4 Å². The molecule has 0 bridgehead atoms. The predicted molar refractivity (Wildman–Crippen MR) is 112 cm³/mol. The van der Waals surface area contributed by atoms with E-state index >= 15 is 0 Å². The third-order valence-electron chi connectivity index (χ3n) is 5.15. The average Bonchev–Trinajstić information content (AvgIpc) is 3.07. The molecule has 4 aromatic rings. The molecule has 1 aliphatic heterocycles. The highest BCUT2D eigenvalue weighted by atomic mass is 16.6. The fraction of sp³-hybridized carbons (Fsp3) is 0. The summed E-state index contributed by atoms with van der Waals surface area (Å²) < 4.78 is 5.00. The second kappa shape index (κ2) is 6.88. The van der Waals surface area contributed by atoms with Gasteiger partial charge < -0.3 is 4.74 Å². The van der Waals surface area contributed by atoms with Crippen LogP contribution in [0.2, 0.25) is 0 Å². The first-order chi connectivity index (χ1) is 14.2. The van der Waals surface area contributed by atoms with Gasteiger partial charge in [-0.15, -0.1) is 0 Å². The third kappa shape index (κ3) is 2.84. The Balaban J connectivity index is 1.97. The van der Waals surface area contributed by atoms with Gasteiger partial charge in [0.15, 0.2) is 0 Å². The number of ether oxygens (including phenoxy) is 1. The van der Waals surface area contributed by atoms with Crippen LogP contribution in [-0.2, 0) is 4.74 Å². The highest BCUT2D eigenvalue weighted by Gasteiger charge is 2.36. The van der Waals surface area contributed by atoms with Crippen molar-refractivity contribution in [3.8, 4) is 33.4 Å². The van der Waals surface area contributed by atoms with E-state index in [9.17, 15) is 9.59 Å². The Morgan fingerprint density at radius 3 is 1.48 bits per heavy atom. The molecule has 1 heterocycles. The summed E-state index contributed by atoms with van der Waals surface area (Å²) in [6, 6.07) is 31.3. The van der Waals surface area contributed by atoms with E-state index in [1.165, 1.54) is 0 Å². The lowest BCUT2D eigenvalue weighted by molar-refractivity contribution is 0.0444. The number of carbonyl (C=O) groups is 2. The van der Waals surface area contributed by atoms with Gasteiger partial charge in [0.25, 0.3) is 0 Å². The molecule has 0 aliphatic carbocycles. The van der Waals surface area contributed by atoms with Gasteiger partial charge in [-0.3, -0.25) is 0 Å². The van der Waals surface area contributed by atoms with Crippen molar-refractivity contribution in [1.82, 2.24) is 0 Å². The fourth-order valence-corrected chi connectivity index (χ4v) is 3.89. The molecule has 0 amide bonds. The maximum atomic E-state index is 12.7. The Labute approximate surface area is 168 Å². The van der Waals surface area contributed by atoms with Crippen molar-refractivity contribution in [2.75, 3.05) is 0 Å². The number of cyclic esters (lactones) is 2. The van der Waals surface area contributed by atoms with Crippen LogP contribution in [0.1, 0.15) is 20.7 Å². The number of benzene rings is 4. The molecule has 0 N–H and O–H groups in total. The molecule has 1 aliphatic rings. The molecule has 29 heavy (non-hydrogen) atoms. The van der Waals surface area contributed by atoms with Gasteiger partial charge in [-0.1, -0.05) is 91.0 Å². The zero-order valence-electron chi connectivity index (χ0n) is 15.5. The normalized spacial score (nSPS) is 12.6. The van der Waals surface area contributed by atoms with Gasteiger partial charge in [-0.25, -0.2) is 9.59 Å². The van der Waals surface area contributed by atoms with Gasteiger partial charge in [0.05, 0.1) is 11.1 Å². The van der Waals surface area contributed by atoms with E-state index in [0.29, 0.717) is 11.1 Å². The number of hydrogen-bond acceptors (Lipinski definition) is 3. The Hall–Kier alpha value is -3.98. The minimum Gasteiger partial charge on any atom is -0.386 e. The number of esters is 2. The summed E-state index contributed by atoms with van der Waals surface area (Å²) in [6.07, 6.45) is 0. The number of hydrogen-bond donors (Lipinski definition) is 0. The summed E-state index contributed by atoms with van der Waals surface area (Å²) in [5.41, 5.74) is 5.98. The van der Waals surface area contributed by atoms with E-state index in [0.717, 1.165) is 33.4 Å². The summed E-state index contributed by atoms with van der Waals surface area (Å²) in [7, 11) is 0. The van der Waals surface area contributed by atoms with E-state index < -0.39 is 11.9 Å². The van der Waals surface area contributed by atoms with Gasteiger partial charge in [-0.2, -0.15) is 0 Å². The van der Waals surface area contributed by atoms with E-state index in [4.69, 9.17) is 4.74 Å². The number of fused-ring (bicyclic) bond motifs is 1. The molecule has 3 heteroatoms. The van der Waals surface area contributed by atoms with Crippen molar-refractivity contribution in [1.29, 1.82) is 0 Å². The molecule has 5 rings (SSSR count). The van der Waals surface area contributed by atoms with Gasteiger partial charge in [0.2, 0.25) is 0 Å². The standard InChI is InChI=1S/C26H16O3/c27-25-21-16-20(17-10-4-1-5-11-17)22(18-12-6-2-7-13-18)23(24(21)26(28)29-25)19-14-8-3-9-15-19/h1-16H. The Bertz CT molecular complexity index is 1230. The van der Waals surface area contributed by atoms with E-state index in [1.54, 1.807) is 6.07 Å². The van der Waals surface area contributed by atoms with Gasteiger partial charge in [0.1, 0.15) is 0 Å². The fourth-order valence-electron chi connectivity index (χ4n) is 3.89. The van der Waals surface area contributed by atoms with Crippen molar-refractivity contribution < 1.29 is 14.3 Å². The third-order valence-corrected chi connectivity index (χ3v) is 5.15. The van der Waals surface area contributed by atoms with Crippen LogP contribution in [0.3, 0.4) is 0 Å². The lowest BCUT2D eigenvalue weighted by atomic mass is 9.83. The van der Waals surface area contributed by atoms with Crippen LogP contribution in [0.25, 0.3) is 33.4 Å². The highest BCUT2D eigenvalue weighted by molar-refractivity contribution is 6.21. The molecule has 4 aromatic carbocycles. The van der Waals surface area contributed by atoms with Gasteiger partial charge >= 0.3 is 11.9 Å². The average molecular weight is 376 g/mol. The number of rotatable bonds is 3. The molecule has 0 saturated carbocycles. The second-order valence-corrected chi connectivity index (χ2v) is 6.87. The van der Waals surface area contributed by atoms with Crippen LogP contribution in [0.15, 0.2) is 97.1 Å². The first kappa shape index (κ1) is 17.1. The largest absolute Gasteiger partial charge is 0.386 e. The molecule has 0 unspecified atom stereocenters. The van der Waals surface area contributed by atoms with Crippen molar-refractivity contribution in [3.05, 3.63) is 108 Å². The van der Waals surface area contributed by atoms with Crippen LogP contribution in [-0.4, -0.2) is 11.9 Å². The molecule has 3 nitrogen and oxygen atoms in total. The van der Waals surface area contributed by atoms with Crippen LogP contribution in [0, 0.1) is 0 Å². The Kier molecular flexibility index (Phi) is 4.07. The van der Waals surface area contributed by atoms with Gasteiger partial charge in [0, 0.05) is 5.56 Å². The van der Waals surface area contributed by atoms with E-state index in [2.05, 4.69) is 0 Å². The zero-order chi connectivity index (χ0) is 19.8. The van der Waals surface area contributed by atoms with Crippen LogP contribution in [0.4, 0.5) is 0 Å². The van der Waals surface area contributed by atoms with Crippen molar-refractivity contribution >= 4 is 11.9 Å². The number of carbonyl (C=O) groups excluding carboxylic acids is 2. The van der Waals surface area contributed by atoms with Crippen molar-refractivity contribution in [2.45, 2.75) is 0 Å². The van der Waals surface area contributed by atoms with E-state index in [1.807, 2.05) is 91.0 Å². The maximum absolute atomic E-state index is 12.7. The minimum absolute atomic E-state index is 0.312.